The summed E-state index contributed by atoms with van der Waals surface area (Å²) in [5, 5.41) is 2.67. The number of hydrogen-bond acceptors (Lipinski definition) is 2. The van der Waals surface area contributed by atoms with E-state index in [1.807, 2.05) is 20.8 Å². The molecule has 1 N–H and O–H groups in total. The normalized spacial score (nSPS) is 32.3. The van der Waals surface area contributed by atoms with E-state index in [1.165, 1.54) is 6.07 Å². The van der Waals surface area contributed by atoms with Gasteiger partial charge in [0, 0.05) is 23.6 Å². The van der Waals surface area contributed by atoms with Gasteiger partial charge >= 0.3 is 0 Å². The van der Waals surface area contributed by atoms with Crippen LogP contribution in [0.4, 0.5) is 14.5 Å². The minimum absolute atomic E-state index is 0.115. The number of carbonyl (C=O) groups excluding carboxylic acids is 2. The molecule has 0 radical (unpaired) electrons. The van der Waals surface area contributed by atoms with Gasteiger partial charge < -0.3 is 5.32 Å². The molecule has 5 heteroatoms. The minimum atomic E-state index is -1.01. The third-order valence-corrected chi connectivity index (χ3v) is 6.32. The predicted octanol–water partition coefficient (Wildman–Crippen LogP) is 3.69. The maximum atomic E-state index is 13.3. The van der Waals surface area contributed by atoms with Crippen LogP contribution in [0.1, 0.15) is 40.0 Å². The largest absolute Gasteiger partial charge is 0.325 e. The predicted molar refractivity (Wildman–Crippen MR) is 78.2 cm³/mol. The Kier molecular flexibility index (Phi) is 3.00. The first-order valence-corrected chi connectivity index (χ1v) is 7.44. The lowest BCUT2D eigenvalue weighted by molar-refractivity contribution is -0.131. The van der Waals surface area contributed by atoms with E-state index in [0.29, 0.717) is 12.8 Å². The van der Waals surface area contributed by atoms with E-state index < -0.39 is 27.9 Å². The molecule has 118 valence electrons. The zero-order chi connectivity index (χ0) is 16.3. The zero-order valence-corrected chi connectivity index (χ0v) is 12.9. The number of rotatable bonds is 2. The SMILES string of the molecule is CC12CCC(C(=O)Nc3ccc(F)c(F)c3)(CC1=O)C2(C)C. The lowest BCUT2D eigenvalue weighted by Crippen LogP contribution is -2.43. The van der Waals surface area contributed by atoms with Crippen molar-refractivity contribution in [2.45, 2.75) is 40.0 Å². The van der Waals surface area contributed by atoms with E-state index >= 15 is 0 Å². The second-order valence-corrected chi connectivity index (χ2v) is 7.22. The van der Waals surface area contributed by atoms with E-state index in [1.54, 1.807) is 0 Å². The van der Waals surface area contributed by atoms with Crippen molar-refractivity contribution in [3.63, 3.8) is 0 Å². The number of halogens is 2. The monoisotopic (exact) mass is 307 g/mol. The van der Waals surface area contributed by atoms with Crippen molar-refractivity contribution in [2.75, 3.05) is 5.32 Å². The average molecular weight is 307 g/mol. The summed E-state index contributed by atoms with van der Waals surface area (Å²) in [5.74, 6) is -2.13. The van der Waals surface area contributed by atoms with Crippen LogP contribution in [0, 0.1) is 27.9 Å². The third-order valence-electron chi connectivity index (χ3n) is 6.32. The van der Waals surface area contributed by atoms with E-state index in [9.17, 15) is 18.4 Å². The number of benzene rings is 1. The van der Waals surface area contributed by atoms with Crippen LogP contribution in [-0.2, 0) is 9.59 Å². The van der Waals surface area contributed by atoms with Gasteiger partial charge in [-0.15, -0.1) is 0 Å². The van der Waals surface area contributed by atoms with Gasteiger partial charge in [-0.1, -0.05) is 20.8 Å². The van der Waals surface area contributed by atoms with Crippen LogP contribution in [0.15, 0.2) is 18.2 Å². The van der Waals surface area contributed by atoms with Crippen molar-refractivity contribution in [1.29, 1.82) is 0 Å². The van der Waals surface area contributed by atoms with Gasteiger partial charge in [0.05, 0.1) is 5.41 Å². The van der Waals surface area contributed by atoms with Crippen molar-refractivity contribution in [1.82, 2.24) is 0 Å². The Morgan fingerprint density at radius 2 is 1.82 bits per heavy atom. The molecule has 2 aliphatic rings. The lowest BCUT2D eigenvalue weighted by Gasteiger charge is -2.38. The van der Waals surface area contributed by atoms with E-state index in [-0.39, 0.29) is 23.8 Å². The van der Waals surface area contributed by atoms with Gasteiger partial charge in [-0.2, -0.15) is 0 Å². The Labute approximate surface area is 128 Å². The Bertz CT molecular complexity index is 685. The fraction of sp³-hybridized carbons (Fsp3) is 0.529. The van der Waals surface area contributed by atoms with Crippen molar-refractivity contribution < 1.29 is 18.4 Å². The van der Waals surface area contributed by atoms with Crippen molar-refractivity contribution in [3.05, 3.63) is 29.8 Å². The summed E-state index contributed by atoms with van der Waals surface area (Å²) in [4.78, 5) is 25.2. The number of Topliss-reactive ketones (excluding diaryl/α,β-unsaturated/α-hetero) is 1. The second-order valence-electron chi connectivity index (χ2n) is 7.22. The molecular formula is C17H19F2NO2. The summed E-state index contributed by atoms with van der Waals surface area (Å²) in [6.45, 7) is 5.83. The van der Waals surface area contributed by atoms with Crippen LogP contribution >= 0.6 is 0 Å². The van der Waals surface area contributed by atoms with Crippen LogP contribution in [0.5, 0.6) is 0 Å². The van der Waals surface area contributed by atoms with Gasteiger partial charge in [0.2, 0.25) is 5.91 Å². The molecule has 22 heavy (non-hydrogen) atoms. The number of amides is 1. The van der Waals surface area contributed by atoms with Crippen LogP contribution < -0.4 is 5.32 Å². The topological polar surface area (TPSA) is 46.2 Å². The van der Waals surface area contributed by atoms with Crippen LogP contribution in [0.3, 0.4) is 0 Å². The van der Waals surface area contributed by atoms with E-state index in [0.717, 1.165) is 12.1 Å². The molecule has 0 aliphatic heterocycles. The summed E-state index contributed by atoms with van der Waals surface area (Å²) >= 11 is 0. The van der Waals surface area contributed by atoms with Crippen LogP contribution in [0.25, 0.3) is 0 Å². The number of hydrogen-bond donors (Lipinski definition) is 1. The van der Waals surface area contributed by atoms with Crippen molar-refractivity contribution in [3.8, 4) is 0 Å². The summed E-state index contributed by atoms with van der Waals surface area (Å²) in [7, 11) is 0. The molecule has 2 fully saturated rings. The lowest BCUT2D eigenvalue weighted by atomic mass is 9.64. The van der Waals surface area contributed by atoms with Crippen molar-refractivity contribution >= 4 is 17.4 Å². The number of nitrogens with one attached hydrogen (secondary N) is 1. The Hall–Kier alpha value is -1.78. The highest BCUT2D eigenvalue weighted by molar-refractivity contribution is 6.04. The molecule has 1 aromatic carbocycles. The molecule has 2 aliphatic carbocycles. The molecule has 0 saturated heterocycles. The fourth-order valence-corrected chi connectivity index (χ4v) is 4.19. The first-order chi connectivity index (χ1) is 10.1. The summed E-state index contributed by atoms with van der Waals surface area (Å²) in [5.41, 5.74) is -1.51. The molecule has 0 spiro atoms. The minimum Gasteiger partial charge on any atom is -0.325 e. The Balaban J connectivity index is 1.92. The first kappa shape index (κ1) is 15.1. The fourth-order valence-electron chi connectivity index (χ4n) is 4.19. The number of ketones is 1. The van der Waals surface area contributed by atoms with E-state index in [2.05, 4.69) is 5.32 Å². The highest BCUT2D eigenvalue weighted by Crippen LogP contribution is 2.70. The maximum absolute atomic E-state index is 13.3. The molecule has 0 heterocycles. The molecule has 1 aromatic rings. The highest BCUT2D eigenvalue weighted by Gasteiger charge is 2.72. The molecule has 2 unspecified atom stereocenters. The van der Waals surface area contributed by atoms with Gasteiger partial charge in [0.15, 0.2) is 11.6 Å². The summed E-state index contributed by atoms with van der Waals surface area (Å²) < 4.78 is 26.3. The molecular weight excluding hydrogens is 288 g/mol. The smallest absolute Gasteiger partial charge is 0.231 e. The van der Waals surface area contributed by atoms with Gasteiger partial charge in [-0.3, -0.25) is 9.59 Å². The number of fused-ring (bicyclic) bond motifs is 2. The first-order valence-electron chi connectivity index (χ1n) is 7.44. The standard InChI is InChI=1S/C17H19F2NO2/c1-15(2)16(3)6-7-17(15,9-13(16)21)14(22)20-10-4-5-11(18)12(19)8-10/h4-5,8H,6-7,9H2,1-3H3,(H,20,22). The van der Waals surface area contributed by atoms with Crippen LogP contribution in [0.2, 0.25) is 0 Å². The number of anilines is 1. The third kappa shape index (κ3) is 1.65. The number of carbonyl (C=O) groups is 2. The molecule has 1 amide bonds. The van der Waals surface area contributed by atoms with Gasteiger partial charge in [-0.05, 0) is 30.4 Å². The Morgan fingerprint density at radius 1 is 1.14 bits per heavy atom. The van der Waals surface area contributed by atoms with E-state index in [4.69, 9.17) is 0 Å². The van der Waals surface area contributed by atoms with Gasteiger partial charge in [-0.25, -0.2) is 8.78 Å². The molecule has 2 bridgehead atoms. The summed E-state index contributed by atoms with van der Waals surface area (Å²) in [6.07, 6.45) is 1.54. The molecule has 2 atom stereocenters. The average Bonchev–Trinajstić information content (AvgIpc) is 2.73. The van der Waals surface area contributed by atoms with Gasteiger partial charge in [0.25, 0.3) is 0 Å². The Morgan fingerprint density at radius 3 is 2.32 bits per heavy atom. The summed E-state index contributed by atoms with van der Waals surface area (Å²) in [6, 6.07) is 3.26. The second kappa shape index (κ2) is 4.37. The quantitative estimate of drug-likeness (QED) is 0.905. The highest BCUT2D eigenvalue weighted by atomic mass is 19.2. The molecule has 2 saturated carbocycles. The van der Waals surface area contributed by atoms with Crippen LogP contribution in [-0.4, -0.2) is 11.7 Å². The molecule has 3 rings (SSSR count). The van der Waals surface area contributed by atoms with Gasteiger partial charge in [0.1, 0.15) is 5.78 Å². The maximum Gasteiger partial charge on any atom is 0.231 e. The zero-order valence-electron chi connectivity index (χ0n) is 12.9. The van der Waals surface area contributed by atoms with Crippen molar-refractivity contribution in [2.24, 2.45) is 16.2 Å². The molecule has 0 aromatic heterocycles. The molecule has 3 nitrogen and oxygen atoms in total.